The first kappa shape index (κ1) is 15.2. The molecule has 0 aliphatic heterocycles. The maximum Gasteiger partial charge on any atom is 0.119 e. The van der Waals surface area contributed by atoms with E-state index in [2.05, 4.69) is 31.2 Å². The molecule has 0 atom stereocenters. The Labute approximate surface area is 101 Å². The Bertz CT molecular complexity index is 192. The van der Waals surface area contributed by atoms with E-state index in [9.17, 15) is 4.79 Å². The zero-order valence-corrected chi connectivity index (χ0v) is 10.7. The number of carbonyl (C=O) groups is 1. The van der Waals surface area contributed by atoms with Crippen molar-refractivity contribution in [2.24, 2.45) is 0 Å². The van der Waals surface area contributed by atoms with Crippen LogP contribution in [-0.2, 0) is 4.79 Å². The molecule has 0 unspecified atom stereocenters. The van der Waals surface area contributed by atoms with Gasteiger partial charge in [0, 0.05) is 6.42 Å². The third-order valence-corrected chi connectivity index (χ3v) is 2.53. The molecule has 0 spiro atoms. The Morgan fingerprint density at radius 2 is 1.31 bits per heavy atom. The van der Waals surface area contributed by atoms with E-state index in [1.165, 1.54) is 44.9 Å². The van der Waals surface area contributed by atoms with Gasteiger partial charge in [0.1, 0.15) is 6.29 Å². The summed E-state index contributed by atoms with van der Waals surface area (Å²) in [6.45, 7) is 2.19. The fourth-order valence-corrected chi connectivity index (χ4v) is 1.54. The lowest BCUT2D eigenvalue weighted by atomic mass is 10.1. The van der Waals surface area contributed by atoms with E-state index < -0.39 is 0 Å². The molecule has 0 aromatic heterocycles. The minimum absolute atomic E-state index is 0.738. The average molecular weight is 222 g/mol. The molecule has 0 saturated carbocycles. The molecule has 0 heterocycles. The zero-order valence-electron chi connectivity index (χ0n) is 10.7. The van der Waals surface area contributed by atoms with Crippen LogP contribution in [0.25, 0.3) is 0 Å². The summed E-state index contributed by atoms with van der Waals surface area (Å²) in [6.07, 6.45) is 20.2. The van der Waals surface area contributed by atoms with E-state index in [0.29, 0.717) is 0 Å². The lowest BCUT2D eigenvalue weighted by Gasteiger charge is -1.96. The van der Waals surface area contributed by atoms with Crippen molar-refractivity contribution in [2.75, 3.05) is 0 Å². The van der Waals surface area contributed by atoms with Gasteiger partial charge in [0.2, 0.25) is 0 Å². The highest BCUT2D eigenvalue weighted by Crippen LogP contribution is 2.06. The Balaban J connectivity index is 3.11. The maximum atomic E-state index is 10.1. The summed E-state index contributed by atoms with van der Waals surface area (Å²) in [5.74, 6) is 0. The van der Waals surface area contributed by atoms with Crippen molar-refractivity contribution in [1.82, 2.24) is 0 Å². The molecule has 0 fully saturated rings. The van der Waals surface area contributed by atoms with Crippen LogP contribution in [0.15, 0.2) is 24.3 Å². The molecule has 0 saturated heterocycles. The van der Waals surface area contributed by atoms with Crippen LogP contribution in [0.4, 0.5) is 0 Å². The Kier molecular flexibility index (Phi) is 13.4. The molecule has 1 heteroatoms. The standard InChI is InChI=1S/C15H26O/c1-2-3-4-5-6-7-8-9-10-11-12-13-14-15-16/h4-7,15H,2-3,8-14H2,1H3. The topological polar surface area (TPSA) is 17.1 Å². The summed E-state index contributed by atoms with van der Waals surface area (Å²) in [7, 11) is 0. The van der Waals surface area contributed by atoms with Gasteiger partial charge < -0.3 is 4.79 Å². The van der Waals surface area contributed by atoms with Gasteiger partial charge in [0.05, 0.1) is 0 Å². The van der Waals surface area contributed by atoms with Gasteiger partial charge in [-0.2, -0.15) is 0 Å². The lowest BCUT2D eigenvalue weighted by Crippen LogP contribution is -1.79. The first-order chi connectivity index (χ1) is 7.91. The summed E-state index contributed by atoms with van der Waals surface area (Å²) in [5.41, 5.74) is 0. The number of carbonyl (C=O) groups excluding carboxylic acids is 1. The third-order valence-electron chi connectivity index (χ3n) is 2.53. The van der Waals surface area contributed by atoms with Crippen molar-refractivity contribution in [3.8, 4) is 0 Å². The summed E-state index contributed by atoms with van der Waals surface area (Å²) in [5, 5.41) is 0. The highest BCUT2D eigenvalue weighted by molar-refractivity contribution is 5.48. The first-order valence-electron chi connectivity index (χ1n) is 6.67. The quantitative estimate of drug-likeness (QED) is 0.278. The largest absolute Gasteiger partial charge is 0.303 e. The Hall–Kier alpha value is -0.850. The SMILES string of the molecule is CCCC=CC=CCCCCCCCC=O. The minimum atomic E-state index is 0.738. The van der Waals surface area contributed by atoms with Gasteiger partial charge in [-0.25, -0.2) is 0 Å². The van der Waals surface area contributed by atoms with Gasteiger partial charge in [-0.05, 0) is 25.7 Å². The minimum Gasteiger partial charge on any atom is -0.303 e. The zero-order chi connectivity index (χ0) is 11.9. The molecule has 0 rings (SSSR count). The van der Waals surface area contributed by atoms with Crippen LogP contribution in [-0.4, -0.2) is 6.29 Å². The lowest BCUT2D eigenvalue weighted by molar-refractivity contribution is -0.107. The van der Waals surface area contributed by atoms with Gasteiger partial charge >= 0.3 is 0 Å². The second-order valence-electron chi connectivity index (χ2n) is 4.16. The Morgan fingerprint density at radius 3 is 1.94 bits per heavy atom. The molecule has 92 valence electrons. The number of unbranched alkanes of at least 4 members (excludes halogenated alkanes) is 7. The smallest absolute Gasteiger partial charge is 0.119 e. The number of allylic oxidation sites excluding steroid dienone is 4. The van der Waals surface area contributed by atoms with Crippen molar-refractivity contribution >= 4 is 6.29 Å². The number of rotatable bonds is 11. The highest BCUT2D eigenvalue weighted by atomic mass is 16.1. The molecule has 0 aliphatic carbocycles. The predicted octanol–water partition coefficient (Wildman–Crippen LogP) is 4.83. The molecule has 0 N–H and O–H groups in total. The molecule has 0 aromatic rings. The van der Waals surface area contributed by atoms with Gasteiger partial charge in [-0.15, -0.1) is 0 Å². The van der Waals surface area contributed by atoms with Crippen LogP contribution in [0.3, 0.4) is 0 Å². The molecular formula is C15H26O. The molecule has 0 amide bonds. The van der Waals surface area contributed by atoms with E-state index in [1.54, 1.807) is 0 Å². The highest BCUT2D eigenvalue weighted by Gasteiger charge is 1.88. The van der Waals surface area contributed by atoms with Crippen molar-refractivity contribution in [3.05, 3.63) is 24.3 Å². The van der Waals surface area contributed by atoms with E-state index in [1.807, 2.05) is 0 Å². The second kappa shape index (κ2) is 14.2. The van der Waals surface area contributed by atoms with E-state index in [0.717, 1.165) is 19.1 Å². The van der Waals surface area contributed by atoms with E-state index in [-0.39, 0.29) is 0 Å². The predicted molar refractivity (Wildman–Crippen MR) is 71.6 cm³/mol. The summed E-state index contributed by atoms with van der Waals surface area (Å²) >= 11 is 0. The number of aldehydes is 1. The van der Waals surface area contributed by atoms with Crippen LogP contribution in [0.1, 0.15) is 64.7 Å². The summed E-state index contributed by atoms with van der Waals surface area (Å²) in [6, 6.07) is 0. The van der Waals surface area contributed by atoms with Crippen molar-refractivity contribution in [2.45, 2.75) is 64.7 Å². The first-order valence-corrected chi connectivity index (χ1v) is 6.67. The molecule has 0 aromatic carbocycles. The normalized spacial score (nSPS) is 11.6. The van der Waals surface area contributed by atoms with E-state index >= 15 is 0 Å². The molecule has 0 aliphatic rings. The molecule has 0 bridgehead atoms. The van der Waals surface area contributed by atoms with Gasteiger partial charge in [0.25, 0.3) is 0 Å². The van der Waals surface area contributed by atoms with Crippen LogP contribution in [0.2, 0.25) is 0 Å². The number of hydrogen-bond acceptors (Lipinski definition) is 1. The summed E-state index contributed by atoms with van der Waals surface area (Å²) in [4.78, 5) is 10.1. The van der Waals surface area contributed by atoms with Gasteiger partial charge in [-0.3, -0.25) is 0 Å². The molecule has 1 nitrogen and oxygen atoms in total. The monoisotopic (exact) mass is 222 g/mol. The van der Waals surface area contributed by atoms with Crippen LogP contribution in [0, 0.1) is 0 Å². The van der Waals surface area contributed by atoms with Crippen LogP contribution in [0.5, 0.6) is 0 Å². The fourth-order valence-electron chi connectivity index (χ4n) is 1.54. The molecule has 16 heavy (non-hydrogen) atoms. The van der Waals surface area contributed by atoms with Crippen molar-refractivity contribution < 1.29 is 4.79 Å². The maximum absolute atomic E-state index is 10.1. The second-order valence-corrected chi connectivity index (χ2v) is 4.16. The number of hydrogen-bond donors (Lipinski definition) is 0. The van der Waals surface area contributed by atoms with Crippen LogP contribution >= 0.6 is 0 Å². The average Bonchev–Trinajstić information content (AvgIpc) is 2.31. The summed E-state index contributed by atoms with van der Waals surface area (Å²) < 4.78 is 0. The fraction of sp³-hybridized carbons (Fsp3) is 0.667. The van der Waals surface area contributed by atoms with Gasteiger partial charge in [0.15, 0.2) is 0 Å². The molecular weight excluding hydrogens is 196 g/mol. The van der Waals surface area contributed by atoms with Crippen molar-refractivity contribution in [3.63, 3.8) is 0 Å². The third kappa shape index (κ3) is 13.2. The Morgan fingerprint density at radius 1 is 0.750 bits per heavy atom. The van der Waals surface area contributed by atoms with Gasteiger partial charge in [-0.1, -0.05) is 56.9 Å². The van der Waals surface area contributed by atoms with E-state index in [4.69, 9.17) is 0 Å². The molecule has 0 radical (unpaired) electrons. The van der Waals surface area contributed by atoms with Crippen LogP contribution < -0.4 is 0 Å². The van der Waals surface area contributed by atoms with Crippen molar-refractivity contribution in [1.29, 1.82) is 0 Å².